The van der Waals surface area contributed by atoms with Crippen LogP contribution < -0.4 is 10.6 Å². The van der Waals surface area contributed by atoms with Crippen LogP contribution in [0.4, 0.5) is 0 Å². The Bertz CT molecular complexity index is 381. The van der Waals surface area contributed by atoms with Gasteiger partial charge in [-0.25, -0.2) is 0 Å². The van der Waals surface area contributed by atoms with Crippen molar-refractivity contribution in [1.82, 2.24) is 10.6 Å². The number of carbonyl (C=O) groups is 1. The Kier molecular flexibility index (Phi) is 4.07. The van der Waals surface area contributed by atoms with E-state index in [-0.39, 0.29) is 17.4 Å². The molecule has 1 atom stereocenters. The van der Waals surface area contributed by atoms with E-state index < -0.39 is 0 Å². The SMILES string of the molecule is CCC1(C(=O)N[C@H](C)c2ccco2)CCNCC1. The molecule has 1 saturated heterocycles. The number of carbonyl (C=O) groups excluding carboxylic acids is 1. The lowest BCUT2D eigenvalue weighted by Gasteiger charge is -2.36. The number of hydrogen-bond acceptors (Lipinski definition) is 3. The van der Waals surface area contributed by atoms with Gasteiger partial charge in [-0.05, 0) is 51.4 Å². The standard InChI is InChI=1S/C14H22N2O2/c1-3-14(6-8-15-9-7-14)13(17)16-11(2)12-5-4-10-18-12/h4-5,10-11,15H,3,6-9H2,1-2H3,(H,16,17)/t11-/m1/s1. The minimum absolute atomic E-state index is 0.0641. The van der Waals surface area contributed by atoms with Gasteiger partial charge in [0.2, 0.25) is 5.91 Å². The first-order chi connectivity index (χ1) is 8.68. The number of piperidine rings is 1. The largest absolute Gasteiger partial charge is 0.467 e. The van der Waals surface area contributed by atoms with Crippen molar-refractivity contribution in [1.29, 1.82) is 0 Å². The van der Waals surface area contributed by atoms with Gasteiger partial charge in [0.05, 0.1) is 17.7 Å². The van der Waals surface area contributed by atoms with Gasteiger partial charge in [0.15, 0.2) is 0 Å². The van der Waals surface area contributed by atoms with Crippen LogP contribution in [0.15, 0.2) is 22.8 Å². The fourth-order valence-electron chi connectivity index (χ4n) is 2.61. The molecular weight excluding hydrogens is 228 g/mol. The highest BCUT2D eigenvalue weighted by atomic mass is 16.3. The normalized spacial score (nSPS) is 20.3. The van der Waals surface area contributed by atoms with Gasteiger partial charge >= 0.3 is 0 Å². The van der Waals surface area contributed by atoms with Crippen molar-refractivity contribution in [3.05, 3.63) is 24.2 Å². The van der Waals surface area contributed by atoms with Crippen molar-refractivity contribution < 1.29 is 9.21 Å². The van der Waals surface area contributed by atoms with Gasteiger partial charge in [0, 0.05) is 0 Å². The average Bonchev–Trinajstić information content (AvgIpc) is 2.93. The minimum Gasteiger partial charge on any atom is -0.467 e. The van der Waals surface area contributed by atoms with E-state index >= 15 is 0 Å². The molecule has 18 heavy (non-hydrogen) atoms. The molecule has 1 aromatic rings. The molecule has 0 aromatic carbocycles. The van der Waals surface area contributed by atoms with E-state index in [1.165, 1.54) is 0 Å². The second kappa shape index (κ2) is 5.57. The Hall–Kier alpha value is -1.29. The van der Waals surface area contributed by atoms with Crippen molar-refractivity contribution >= 4 is 5.91 Å². The van der Waals surface area contributed by atoms with Crippen LogP contribution in [0.3, 0.4) is 0 Å². The molecule has 1 aliphatic heterocycles. The number of amides is 1. The number of furan rings is 1. The second-order valence-electron chi connectivity index (χ2n) is 5.09. The maximum atomic E-state index is 12.5. The van der Waals surface area contributed by atoms with Crippen LogP contribution in [0.5, 0.6) is 0 Å². The Balaban J connectivity index is 2.01. The molecule has 2 N–H and O–H groups in total. The fraction of sp³-hybridized carbons (Fsp3) is 0.643. The maximum absolute atomic E-state index is 12.5. The van der Waals surface area contributed by atoms with Crippen molar-refractivity contribution in [2.45, 2.75) is 39.2 Å². The molecule has 0 aliphatic carbocycles. The average molecular weight is 250 g/mol. The van der Waals surface area contributed by atoms with E-state index in [9.17, 15) is 4.79 Å². The molecule has 0 radical (unpaired) electrons. The molecule has 4 heteroatoms. The summed E-state index contributed by atoms with van der Waals surface area (Å²) in [5, 5.41) is 6.39. The molecule has 2 rings (SSSR count). The van der Waals surface area contributed by atoms with Gasteiger partial charge < -0.3 is 15.1 Å². The van der Waals surface area contributed by atoms with Crippen LogP contribution in [-0.4, -0.2) is 19.0 Å². The molecule has 0 unspecified atom stereocenters. The molecule has 2 heterocycles. The summed E-state index contributed by atoms with van der Waals surface area (Å²) in [6, 6.07) is 3.68. The molecule has 4 nitrogen and oxygen atoms in total. The molecule has 0 spiro atoms. The highest BCUT2D eigenvalue weighted by Gasteiger charge is 2.38. The summed E-state index contributed by atoms with van der Waals surface area (Å²) in [7, 11) is 0. The highest BCUT2D eigenvalue weighted by Crippen LogP contribution is 2.33. The second-order valence-corrected chi connectivity index (χ2v) is 5.09. The van der Waals surface area contributed by atoms with Crippen LogP contribution in [0, 0.1) is 5.41 Å². The first kappa shape index (κ1) is 13.1. The predicted molar refractivity (Wildman–Crippen MR) is 70.1 cm³/mol. The molecule has 0 bridgehead atoms. The van der Waals surface area contributed by atoms with E-state index in [2.05, 4.69) is 17.6 Å². The van der Waals surface area contributed by atoms with E-state index in [1.807, 2.05) is 19.1 Å². The zero-order valence-corrected chi connectivity index (χ0v) is 11.2. The molecular formula is C14H22N2O2. The van der Waals surface area contributed by atoms with Crippen LogP contribution >= 0.6 is 0 Å². The van der Waals surface area contributed by atoms with Crippen molar-refractivity contribution in [2.75, 3.05) is 13.1 Å². The summed E-state index contributed by atoms with van der Waals surface area (Å²) < 4.78 is 5.32. The lowest BCUT2D eigenvalue weighted by molar-refractivity contribution is -0.133. The summed E-state index contributed by atoms with van der Waals surface area (Å²) in [5.41, 5.74) is -0.202. The Morgan fingerprint density at radius 2 is 2.28 bits per heavy atom. The van der Waals surface area contributed by atoms with E-state index in [0.29, 0.717) is 0 Å². The predicted octanol–water partition coefficient (Wildman–Crippen LogP) is 2.24. The topological polar surface area (TPSA) is 54.3 Å². The van der Waals surface area contributed by atoms with Crippen LogP contribution in [0.25, 0.3) is 0 Å². The Labute approximate surface area is 108 Å². The quantitative estimate of drug-likeness (QED) is 0.861. The number of nitrogens with one attached hydrogen (secondary N) is 2. The van der Waals surface area contributed by atoms with Gasteiger partial charge in [-0.2, -0.15) is 0 Å². The molecule has 0 saturated carbocycles. The molecule has 1 fully saturated rings. The zero-order chi connectivity index (χ0) is 13.0. The van der Waals surface area contributed by atoms with E-state index in [1.54, 1.807) is 6.26 Å². The maximum Gasteiger partial charge on any atom is 0.226 e. The van der Waals surface area contributed by atoms with Crippen molar-refractivity contribution in [2.24, 2.45) is 5.41 Å². The highest BCUT2D eigenvalue weighted by molar-refractivity contribution is 5.83. The van der Waals surface area contributed by atoms with Crippen molar-refractivity contribution in [3.8, 4) is 0 Å². The molecule has 100 valence electrons. The summed E-state index contributed by atoms with van der Waals surface area (Å²) in [6.07, 6.45) is 4.36. The van der Waals surface area contributed by atoms with Crippen LogP contribution in [-0.2, 0) is 4.79 Å². The Morgan fingerprint density at radius 1 is 1.56 bits per heavy atom. The smallest absolute Gasteiger partial charge is 0.226 e. The minimum atomic E-state index is -0.202. The first-order valence-electron chi connectivity index (χ1n) is 6.73. The summed E-state index contributed by atoms with van der Waals surface area (Å²) >= 11 is 0. The van der Waals surface area contributed by atoms with Gasteiger partial charge in [-0.1, -0.05) is 6.92 Å². The molecule has 1 amide bonds. The molecule has 1 aliphatic rings. The third-order valence-electron chi connectivity index (χ3n) is 4.04. The zero-order valence-electron chi connectivity index (χ0n) is 11.2. The van der Waals surface area contributed by atoms with Crippen LogP contribution in [0.1, 0.15) is 44.9 Å². The third-order valence-corrected chi connectivity index (χ3v) is 4.04. The summed E-state index contributed by atoms with van der Waals surface area (Å²) in [5.74, 6) is 0.971. The van der Waals surface area contributed by atoms with Crippen molar-refractivity contribution in [3.63, 3.8) is 0 Å². The van der Waals surface area contributed by atoms with Gasteiger partial charge in [0.25, 0.3) is 0 Å². The van der Waals surface area contributed by atoms with Crippen LogP contribution in [0.2, 0.25) is 0 Å². The van der Waals surface area contributed by atoms with Gasteiger partial charge in [0.1, 0.15) is 5.76 Å². The van der Waals surface area contributed by atoms with Gasteiger partial charge in [-0.3, -0.25) is 4.79 Å². The number of rotatable bonds is 4. The lowest BCUT2D eigenvalue weighted by atomic mass is 9.75. The third kappa shape index (κ3) is 2.58. The monoisotopic (exact) mass is 250 g/mol. The van der Waals surface area contributed by atoms with Gasteiger partial charge in [-0.15, -0.1) is 0 Å². The van der Waals surface area contributed by atoms with E-state index in [4.69, 9.17) is 4.42 Å². The Morgan fingerprint density at radius 3 is 2.83 bits per heavy atom. The number of hydrogen-bond donors (Lipinski definition) is 2. The fourth-order valence-corrected chi connectivity index (χ4v) is 2.61. The molecule has 1 aromatic heterocycles. The van der Waals surface area contributed by atoms with E-state index in [0.717, 1.165) is 38.1 Å². The lowest BCUT2D eigenvalue weighted by Crippen LogP contribution is -2.47. The summed E-state index contributed by atoms with van der Waals surface area (Å²) in [6.45, 7) is 5.91. The summed E-state index contributed by atoms with van der Waals surface area (Å²) in [4.78, 5) is 12.5. The first-order valence-corrected chi connectivity index (χ1v) is 6.73.